The predicted octanol–water partition coefficient (Wildman–Crippen LogP) is 3.36. The van der Waals surface area contributed by atoms with Gasteiger partial charge in [-0.15, -0.1) is 0 Å². The van der Waals surface area contributed by atoms with E-state index >= 15 is 0 Å². The van der Waals surface area contributed by atoms with Gasteiger partial charge < -0.3 is 16.2 Å². The van der Waals surface area contributed by atoms with Crippen LogP contribution in [0.3, 0.4) is 0 Å². The SMILES string of the molecule is Nc1cc(C(=O)O)ccc1Nc1ccc(Cl)cc1. The normalized spacial score (nSPS) is 10.1. The van der Waals surface area contributed by atoms with Gasteiger partial charge >= 0.3 is 5.97 Å². The standard InChI is InChI=1S/C13H11ClN2O2/c14-9-2-4-10(5-3-9)16-12-6-1-8(13(17)18)7-11(12)15/h1-7,16H,15H2,(H,17,18). The zero-order chi connectivity index (χ0) is 13.1. The number of nitrogens with one attached hydrogen (secondary N) is 1. The van der Waals surface area contributed by atoms with Gasteiger partial charge in [-0.25, -0.2) is 4.79 Å². The molecule has 0 aliphatic carbocycles. The lowest BCUT2D eigenvalue weighted by Gasteiger charge is -2.10. The molecule has 2 aromatic carbocycles. The lowest BCUT2D eigenvalue weighted by atomic mass is 10.1. The second-order valence-corrected chi connectivity index (χ2v) is 4.18. The largest absolute Gasteiger partial charge is 0.478 e. The smallest absolute Gasteiger partial charge is 0.335 e. The molecule has 0 atom stereocenters. The predicted molar refractivity (Wildman–Crippen MR) is 72.5 cm³/mol. The Morgan fingerprint density at radius 1 is 1.17 bits per heavy atom. The van der Waals surface area contributed by atoms with E-state index in [-0.39, 0.29) is 5.56 Å². The quantitative estimate of drug-likeness (QED) is 0.742. The Labute approximate surface area is 109 Å². The highest BCUT2D eigenvalue weighted by atomic mass is 35.5. The minimum absolute atomic E-state index is 0.161. The Morgan fingerprint density at radius 2 is 1.83 bits per heavy atom. The van der Waals surface area contributed by atoms with Gasteiger partial charge in [0, 0.05) is 10.7 Å². The highest BCUT2D eigenvalue weighted by Crippen LogP contribution is 2.25. The zero-order valence-corrected chi connectivity index (χ0v) is 10.1. The van der Waals surface area contributed by atoms with Crippen molar-refractivity contribution in [2.75, 3.05) is 11.1 Å². The Bertz CT molecular complexity index is 582. The van der Waals surface area contributed by atoms with Crippen molar-refractivity contribution < 1.29 is 9.90 Å². The number of carbonyl (C=O) groups is 1. The van der Waals surface area contributed by atoms with Crippen molar-refractivity contribution in [2.24, 2.45) is 0 Å². The summed E-state index contributed by atoms with van der Waals surface area (Å²) in [6.07, 6.45) is 0. The van der Waals surface area contributed by atoms with E-state index in [1.165, 1.54) is 12.1 Å². The van der Waals surface area contributed by atoms with Crippen LogP contribution >= 0.6 is 11.6 Å². The first-order chi connectivity index (χ1) is 8.56. The van der Waals surface area contributed by atoms with Crippen LogP contribution in [0, 0.1) is 0 Å². The Morgan fingerprint density at radius 3 is 2.39 bits per heavy atom. The summed E-state index contributed by atoms with van der Waals surface area (Å²) in [4.78, 5) is 10.8. The number of anilines is 3. The van der Waals surface area contributed by atoms with Crippen LogP contribution in [-0.4, -0.2) is 11.1 Å². The van der Waals surface area contributed by atoms with Gasteiger partial charge in [-0.05, 0) is 42.5 Å². The van der Waals surface area contributed by atoms with Gasteiger partial charge in [0.1, 0.15) is 0 Å². The number of halogens is 1. The molecule has 0 heterocycles. The fourth-order valence-corrected chi connectivity index (χ4v) is 1.62. The molecule has 0 amide bonds. The molecule has 0 spiro atoms. The van der Waals surface area contributed by atoms with Crippen LogP contribution in [0.1, 0.15) is 10.4 Å². The third kappa shape index (κ3) is 2.73. The minimum atomic E-state index is -1.00. The molecule has 4 nitrogen and oxygen atoms in total. The maximum Gasteiger partial charge on any atom is 0.335 e. The molecule has 92 valence electrons. The molecular formula is C13H11ClN2O2. The summed E-state index contributed by atoms with van der Waals surface area (Å²) >= 11 is 5.78. The average Bonchev–Trinajstić information content (AvgIpc) is 2.34. The maximum absolute atomic E-state index is 10.8. The molecule has 0 unspecified atom stereocenters. The van der Waals surface area contributed by atoms with Crippen LogP contribution in [-0.2, 0) is 0 Å². The highest BCUT2D eigenvalue weighted by molar-refractivity contribution is 6.30. The van der Waals surface area contributed by atoms with Crippen molar-refractivity contribution in [3.8, 4) is 0 Å². The molecule has 0 saturated heterocycles. The molecule has 18 heavy (non-hydrogen) atoms. The number of nitrogen functional groups attached to an aromatic ring is 1. The van der Waals surface area contributed by atoms with Crippen molar-refractivity contribution >= 4 is 34.6 Å². The second-order valence-electron chi connectivity index (χ2n) is 3.74. The van der Waals surface area contributed by atoms with E-state index in [0.717, 1.165) is 5.69 Å². The number of carboxylic acids is 1. The van der Waals surface area contributed by atoms with Crippen LogP contribution < -0.4 is 11.1 Å². The van der Waals surface area contributed by atoms with E-state index in [2.05, 4.69) is 5.32 Å². The summed E-state index contributed by atoms with van der Waals surface area (Å²) in [6.45, 7) is 0. The summed E-state index contributed by atoms with van der Waals surface area (Å²) in [5, 5.41) is 12.6. The number of carboxylic acid groups (broad SMARTS) is 1. The second kappa shape index (κ2) is 4.98. The molecule has 0 aromatic heterocycles. The van der Waals surface area contributed by atoms with E-state index in [1.807, 2.05) is 12.1 Å². The van der Waals surface area contributed by atoms with Gasteiger partial charge in [0.25, 0.3) is 0 Å². The lowest BCUT2D eigenvalue weighted by molar-refractivity contribution is 0.0697. The summed E-state index contributed by atoms with van der Waals surface area (Å²) in [6, 6.07) is 11.7. The van der Waals surface area contributed by atoms with E-state index in [1.54, 1.807) is 18.2 Å². The fraction of sp³-hybridized carbons (Fsp3) is 0. The summed E-state index contributed by atoms with van der Waals surface area (Å²) < 4.78 is 0. The first-order valence-electron chi connectivity index (χ1n) is 5.21. The van der Waals surface area contributed by atoms with Gasteiger partial charge in [0.05, 0.1) is 16.9 Å². The number of hydrogen-bond donors (Lipinski definition) is 3. The number of aromatic carboxylic acids is 1. The molecule has 0 fully saturated rings. The number of hydrogen-bond acceptors (Lipinski definition) is 3. The summed E-state index contributed by atoms with van der Waals surface area (Å²) in [5.41, 5.74) is 7.81. The third-order valence-corrected chi connectivity index (χ3v) is 2.67. The highest BCUT2D eigenvalue weighted by Gasteiger charge is 2.06. The fourth-order valence-electron chi connectivity index (χ4n) is 1.50. The summed E-state index contributed by atoms with van der Waals surface area (Å²) in [7, 11) is 0. The topological polar surface area (TPSA) is 75.4 Å². The van der Waals surface area contributed by atoms with Crippen LogP contribution in [0.5, 0.6) is 0 Å². The molecule has 0 bridgehead atoms. The maximum atomic E-state index is 10.8. The van der Waals surface area contributed by atoms with Gasteiger partial charge in [-0.2, -0.15) is 0 Å². The first-order valence-corrected chi connectivity index (χ1v) is 5.59. The van der Waals surface area contributed by atoms with Crippen molar-refractivity contribution in [3.05, 3.63) is 53.1 Å². The molecule has 5 heteroatoms. The Balaban J connectivity index is 2.24. The number of rotatable bonds is 3. The monoisotopic (exact) mass is 262 g/mol. The van der Waals surface area contributed by atoms with Crippen molar-refractivity contribution in [2.45, 2.75) is 0 Å². The van der Waals surface area contributed by atoms with Gasteiger partial charge in [-0.3, -0.25) is 0 Å². The van der Waals surface area contributed by atoms with E-state index in [9.17, 15) is 4.79 Å². The molecule has 0 aliphatic heterocycles. The molecule has 0 saturated carbocycles. The number of nitrogens with two attached hydrogens (primary N) is 1. The van der Waals surface area contributed by atoms with Gasteiger partial charge in [0.15, 0.2) is 0 Å². The average molecular weight is 263 g/mol. The third-order valence-electron chi connectivity index (χ3n) is 2.42. The van der Waals surface area contributed by atoms with Gasteiger partial charge in [0.2, 0.25) is 0 Å². The molecular weight excluding hydrogens is 252 g/mol. The Kier molecular flexibility index (Phi) is 3.39. The Hall–Kier alpha value is -2.20. The van der Waals surface area contributed by atoms with Crippen LogP contribution in [0.2, 0.25) is 5.02 Å². The molecule has 2 rings (SSSR count). The van der Waals surface area contributed by atoms with Crippen molar-refractivity contribution in [3.63, 3.8) is 0 Å². The minimum Gasteiger partial charge on any atom is -0.478 e. The van der Waals surface area contributed by atoms with Crippen molar-refractivity contribution in [1.82, 2.24) is 0 Å². The molecule has 0 aliphatic rings. The van der Waals surface area contributed by atoms with Crippen molar-refractivity contribution in [1.29, 1.82) is 0 Å². The van der Waals surface area contributed by atoms with Crippen LogP contribution in [0.15, 0.2) is 42.5 Å². The molecule has 0 radical (unpaired) electrons. The summed E-state index contributed by atoms with van der Waals surface area (Å²) in [5.74, 6) is -1.00. The number of benzene rings is 2. The zero-order valence-electron chi connectivity index (χ0n) is 9.35. The van der Waals surface area contributed by atoms with Crippen LogP contribution in [0.4, 0.5) is 17.1 Å². The van der Waals surface area contributed by atoms with E-state index < -0.39 is 5.97 Å². The molecule has 2 aromatic rings. The lowest BCUT2D eigenvalue weighted by Crippen LogP contribution is -2.01. The first kappa shape index (κ1) is 12.3. The van der Waals surface area contributed by atoms with E-state index in [4.69, 9.17) is 22.4 Å². The van der Waals surface area contributed by atoms with E-state index in [0.29, 0.717) is 16.4 Å². The van der Waals surface area contributed by atoms with Crippen LogP contribution in [0.25, 0.3) is 0 Å². The molecule has 4 N–H and O–H groups in total. The van der Waals surface area contributed by atoms with Gasteiger partial charge in [-0.1, -0.05) is 11.6 Å².